The quantitative estimate of drug-likeness (QED) is 0.787. The molecule has 2 aromatic rings. The van der Waals surface area contributed by atoms with Crippen LogP contribution in [0.3, 0.4) is 0 Å². The van der Waals surface area contributed by atoms with E-state index in [-0.39, 0.29) is 5.97 Å². The van der Waals surface area contributed by atoms with Crippen LogP contribution in [0.4, 0.5) is 0 Å². The molecule has 0 saturated carbocycles. The smallest absolute Gasteiger partial charge is 0.355 e. The van der Waals surface area contributed by atoms with Crippen molar-refractivity contribution >= 4 is 5.97 Å². The maximum absolute atomic E-state index is 12.0. The zero-order valence-electron chi connectivity index (χ0n) is 12.5. The van der Waals surface area contributed by atoms with Crippen LogP contribution in [0.2, 0.25) is 0 Å². The predicted octanol–water partition coefficient (Wildman–Crippen LogP) is 2.32. The first-order chi connectivity index (χ1) is 9.56. The van der Waals surface area contributed by atoms with E-state index in [0.717, 1.165) is 23.4 Å². The molecule has 0 bridgehead atoms. The first-order valence-corrected chi connectivity index (χ1v) is 6.91. The van der Waals surface area contributed by atoms with E-state index in [1.165, 1.54) is 0 Å². The summed E-state index contributed by atoms with van der Waals surface area (Å²) in [5.74, 6) is -0.270. The summed E-state index contributed by atoms with van der Waals surface area (Å²) in [6.45, 7) is 6.81. The summed E-state index contributed by atoms with van der Waals surface area (Å²) in [5.41, 5.74) is 3.68. The van der Waals surface area contributed by atoms with Crippen LogP contribution >= 0.6 is 0 Å². The largest absolute Gasteiger partial charge is 0.461 e. The molecule has 0 aliphatic carbocycles. The van der Waals surface area contributed by atoms with Crippen LogP contribution in [0.15, 0.2) is 18.3 Å². The maximum Gasteiger partial charge on any atom is 0.355 e. The van der Waals surface area contributed by atoms with E-state index in [0.29, 0.717) is 18.8 Å². The number of hydrogen-bond acceptors (Lipinski definition) is 3. The van der Waals surface area contributed by atoms with Crippen molar-refractivity contribution in [1.82, 2.24) is 14.3 Å². The molecule has 0 spiro atoms. The maximum atomic E-state index is 12.0. The second-order valence-electron chi connectivity index (χ2n) is 4.80. The fraction of sp³-hybridized carbons (Fsp3) is 0.467. The average molecular weight is 275 g/mol. The van der Waals surface area contributed by atoms with Crippen molar-refractivity contribution in [2.24, 2.45) is 7.05 Å². The molecular formula is C15H21N3O2. The molecule has 0 unspecified atom stereocenters. The fourth-order valence-corrected chi connectivity index (χ4v) is 2.26. The standard InChI is InChI=1S/C15H21N3O2/c1-5-12-9-13(17(4)16-12)10-18-8-7-11(3)14(18)15(19)20-6-2/h7-9H,5-6,10H2,1-4H3. The summed E-state index contributed by atoms with van der Waals surface area (Å²) < 4.78 is 8.90. The van der Waals surface area contributed by atoms with Gasteiger partial charge in [-0.25, -0.2) is 4.79 Å². The Morgan fingerprint density at radius 3 is 2.75 bits per heavy atom. The van der Waals surface area contributed by atoms with Gasteiger partial charge in [0.1, 0.15) is 5.69 Å². The first-order valence-electron chi connectivity index (χ1n) is 6.91. The Morgan fingerprint density at radius 2 is 2.15 bits per heavy atom. The normalized spacial score (nSPS) is 10.8. The Bertz CT molecular complexity index is 611. The third-order valence-electron chi connectivity index (χ3n) is 3.36. The van der Waals surface area contributed by atoms with Crippen LogP contribution in [0.5, 0.6) is 0 Å². The first kappa shape index (κ1) is 14.4. The van der Waals surface area contributed by atoms with Crippen LogP contribution in [-0.4, -0.2) is 26.9 Å². The highest BCUT2D eigenvalue weighted by Gasteiger charge is 2.17. The Kier molecular flexibility index (Phi) is 4.27. The van der Waals surface area contributed by atoms with Crippen molar-refractivity contribution in [1.29, 1.82) is 0 Å². The molecule has 0 fully saturated rings. The molecule has 0 N–H and O–H groups in total. The summed E-state index contributed by atoms with van der Waals surface area (Å²) in [6.07, 6.45) is 2.82. The number of ether oxygens (including phenoxy) is 1. The molecule has 20 heavy (non-hydrogen) atoms. The Balaban J connectivity index is 2.29. The minimum absolute atomic E-state index is 0.270. The van der Waals surface area contributed by atoms with Crippen LogP contribution in [0, 0.1) is 6.92 Å². The fourth-order valence-electron chi connectivity index (χ4n) is 2.26. The van der Waals surface area contributed by atoms with Crippen molar-refractivity contribution in [3.05, 3.63) is 41.0 Å². The summed E-state index contributed by atoms with van der Waals surface area (Å²) in [7, 11) is 1.93. The molecule has 0 amide bonds. The molecule has 0 aliphatic heterocycles. The molecule has 0 atom stereocenters. The molecular weight excluding hydrogens is 254 g/mol. The minimum Gasteiger partial charge on any atom is -0.461 e. The van der Waals surface area contributed by atoms with Gasteiger partial charge in [-0.1, -0.05) is 6.92 Å². The van der Waals surface area contributed by atoms with E-state index in [1.807, 2.05) is 42.4 Å². The van der Waals surface area contributed by atoms with Crippen LogP contribution in [-0.2, 0) is 24.8 Å². The van der Waals surface area contributed by atoms with Crippen LogP contribution in [0.1, 0.15) is 41.3 Å². The van der Waals surface area contributed by atoms with Gasteiger partial charge in [0.05, 0.1) is 24.5 Å². The lowest BCUT2D eigenvalue weighted by molar-refractivity contribution is 0.0513. The zero-order chi connectivity index (χ0) is 14.7. The number of rotatable bonds is 5. The van der Waals surface area contributed by atoms with Gasteiger partial charge in [-0.3, -0.25) is 4.68 Å². The van der Waals surface area contributed by atoms with Gasteiger partial charge in [-0.05, 0) is 38.0 Å². The Morgan fingerprint density at radius 1 is 1.40 bits per heavy atom. The van der Waals surface area contributed by atoms with Crippen molar-refractivity contribution in [3.63, 3.8) is 0 Å². The van der Waals surface area contributed by atoms with Crippen molar-refractivity contribution in [3.8, 4) is 0 Å². The van der Waals surface area contributed by atoms with E-state index in [4.69, 9.17) is 4.74 Å². The van der Waals surface area contributed by atoms with Crippen molar-refractivity contribution in [2.75, 3.05) is 6.61 Å². The van der Waals surface area contributed by atoms with Crippen molar-refractivity contribution in [2.45, 2.75) is 33.7 Å². The highest BCUT2D eigenvalue weighted by Crippen LogP contribution is 2.15. The van der Waals surface area contributed by atoms with Gasteiger partial charge in [0, 0.05) is 13.2 Å². The third-order valence-corrected chi connectivity index (χ3v) is 3.36. The van der Waals surface area contributed by atoms with Crippen LogP contribution in [0.25, 0.3) is 0 Å². The summed E-state index contributed by atoms with van der Waals surface area (Å²) >= 11 is 0. The lowest BCUT2D eigenvalue weighted by Gasteiger charge is -2.09. The lowest BCUT2D eigenvalue weighted by Crippen LogP contribution is -2.15. The van der Waals surface area contributed by atoms with Gasteiger partial charge in [0.15, 0.2) is 0 Å². The monoisotopic (exact) mass is 275 g/mol. The number of nitrogens with zero attached hydrogens (tertiary/aromatic N) is 3. The van der Waals surface area contributed by atoms with Crippen molar-refractivity contribution < 1.29 is 9.53 Å². The predicted molar refractivity (Wildman–Crippen MR) is 76.8 cm³/mol. The molecule has 5 heteroatoms. The number of carbonyl (C=O) groups excluding carboxylic acids is 1. The summed E-state index contributed by atoms with van der Waals surface area (Å²) in [6, 6.07) is 4.01. The van der Waals surface area contributed by atoms with Gasteiger partial charge < -0.3 is 9.30 Å². The number of aromatic nitrogens is 3. The highest BCUT2D eigenvalue weighted by atomic mass is 16.5. The molecule has 108 valence electrons. The summed E-state index contributed by atoms with van der Waals surface area (Å²) in [5, 5.41) is 4.43. The third kappa shape index (κ3) is 2.76. The van der Waals surface area contributed by atoms with E-state index < -0.39 is 0 Å². The molecule has 2 heterocycles. The SMILES string of the molecule is CCOC(=O)c1c(C)ccn1Cc1cc(CC)nn1C. The average Bonchev–Trinajstić information content (AvgIpc) is 2.94. The Hall–Kier alpha value is -2.04. The molecule has 0 saturated heterocycles. The molecule has 0 radical (unpaired) electrons. The van der Waals surface area contributed by atoms with E-state index >= 15 is 0 Å². The van der Waals surface area contributed by atoms with Gasteiger partial charge in [0.2, 0.25) is 0 Å². The van der Waals surface area contributed by atoms with Gasteiger partial charge >= 0.3 is 5.97 Å². The Labute approximate surface area is 119 Å². The topological polar surface area (TPSA) is 49.1 Å². The molecule has 5 nitrogen and oxygen atoms in total. The number of esters is 1. The zero-order valence-corrected chi connectivity index (χ0v) is 12.5. The molecule has 0 aliphatic rings. The van der Waals surface area contributed by atoms with Gasteiger partial charge in [-0.2, -0.15) is 5.10 Å². The van der Waals surface area contributed by atoms with E-state index in [1.54, 1.807) is 0 Å². The number of aryl methyl sites for hydroxylation is 3. The number of carbonyl (C=O) groups is 1. The second kappa shape index (κ2) is 5.94. The lowest BCUT2D eigenvalue weighted by atomic mass is 10.2. The molecule has 0 aromatic carbocycles. The van der Waals surface area contributed by atoms with Gasteiger partial charge in [-0.15, -0.1) is 0 Å². The number of hydrogen-bond donors (Lipinski definition) is 0. The van der Waals surface area contributed by atoms with Crippen LogP contribution < -0.4 is 0 Å². The van der Waals surface area contributed by atoms with E-state index in [2.05, 4.69) is 18.1 Å². The second-order valence-corrected chi connectivity index (χ2v) is 4.80. The van der Waals surface area contributed by atoms with Gasteiger partial charge in [0.25, 0.3) is 0 Å². The minimum atomic E-state index is -0.270. The molecule has 2 aromatic heterocycles. The van der Waals surface area contributed by atoms with E-state index in [9.17, 15) is 4.79 Å². The molecule has 2 rings (SSSR count). The summed E-state index contributed by atoms with van der Waals surface area (Å²) in [4.78, 5) is 12.0. The highest BCUT2D eigenvalue weighted by molar-refractivity contribution is 5.89.